The van der Waals surface area contributed by atoms with Crippen molar-refractivity contribution in [3.63, 3.8) is 0 Å². The summed E-state index contributed by atoms with van der Waals surface area (Å²) in [6.07, 6.45) is 4.98. The van der Waals surface area contributed by atoms with Gasteiger partial charge in [0.05, 0.1) is 12.4 Å². The van der Waals surface area contributed by atoms with Crippen molar-refractivity contribution in [2.24, 2.45) is 0 Å². The monoisotopic (exact) mass is 208 g/mol. The molecule has 0 saturated heterocycles. The minimum Gasteiger partial charge on any atom is -0.480 e. The summed E-state index contributed by atoms with van der Waals surface area (Å²) in [6, 6.07) is -0.359. The fourth-order valence-corrected chi connectivity index (χ4v) is 1.48. The van der Waals surface area contributed by atoms with Gasteiger partial charge in [0.2, 0.25) is 5.95 Å². The lowest BCUT2D eigenvalue weighted by atomic mass is 10.3. The highest BCUT2D eigenvalue weighted by atomic mass is 16.4. The smallest absolute Gasteiger partial charge is 0.326 e. The van der Waals surface area contributed by atoms with Crippen LogP contribution in [0, 0.1) is 0 Å². The van der Waals surface area contributed by atoms with Crippen molar-refractivity contribution in [3.8, 4) is 0 Å². The zero-order valence-electron chi connectivity index (χ0n) is 8.37. The summed E-state index contributed by atoms with van der Waals surface area (Å²) in [5, 5.41) is 16.5. The summed E-state index contributed by atoms with van der Waals surface area (Å²) in [6.45, 7) is 1.64. The van der Waals surface area contributed by atoms with Crippen molar-refractivity contribution in [1.82, 2.24) is 15.2 Å². The Bertz CT molecular complexity index is 352. The SMILES string of the molecule is CC(C(=O)O)N(c1nccnn1)C1CC1. The number of aliphatic carboxylic acids is 1. The third-order valence-corrected chi connectivity index (χ3v) is 2.42. The van der Waals surface area contributed by atoms with E-state index in [9.17, 15) is 4.79 Å². The Morgan fingerprint density at radius 3 is 2.80 bits per heavy atom. The van der Waals surface area contributed by atoms with Crippen molar-refractivity contribution in [3.05, 3.63) is 12.4 Å². The number of carbonyl (C=O) groups is 1. The minimum atomic E-state index is -0.866. The van der Waals surface area contributed by atoms with Gasteiger partial charge in [-0.05, 0) is 19.8 Å². The highest BCUT2D eigenvalue weighted by molar-refractivity contribution is 5.77. The Morgan fingerprint density at radius 1 is 1.60 bits per heavy atom. The van der Waals surface area contributed by atoms with Crippen LogP contribution in [0.4, 0.5) is 5.95 Å². The van der Waals surface area contributed by atoms with E-state index in [4.69, 9.17) is 5.11 Å². The number of nitrogens with zero attached hydrogens (tertiary/aromatic N) is 4. The van der Waals surface area contributed by atoms with Crippen LogP contribution in [0.1, 0.15) is 19.8 Å². The highest BCUT2D eigenvalue weighted by Crippen LogP contribution is 2.31. The van der Waals surface area contributed by atoms with E-state index in [0.29, 0.717) is 5.95 Å². The van der Waals surface area contributed by atoms with E-state index in [1.807, 2.05) is 0 Å². The molecule has 1 fully saturated rings. The molecule has 0 amide bonds. The van der Waals surface area contributed by atoms with Crippen molar-refractivity contribution >= 4 is 11.9 Å². The van der Waals surface area contributed by atoms with E-state index in [1.165, 1.54) is 12.4 Å². The number of carboxylic acid groups (broad SMARTS) is 1. The zero-order chi connectivity index (χ0) is 10.8. The van der Waals surface area contributed by atoms with Crippen molar-refractivity contribution in [2.45, 2.75) is 31.8 Å². The molecule has 6 heteroatoms. The molecule has 1 N–H and O–H groups in total. The van der Waals surface area contributed by atoms with Crippen molar-refractivity contribution in [1.29, 1.82) is 0 Å². The molecule has 1 aliphatic rings. The molecule has 1 aromatic rings. The van der Waals surface area contributed by atoms with Crippen LogP contribution in [0.5, 0.6) is 0 Å². The first kappa shape index (κ1) is 9.82. The molecule has 1 aliphatic carbocycles. The summed E-state index contributed by atoms with van der Waals surface area (Å²) in [5.41, 5.74) is 0. The zero-order valence-corrected chi connectivity index (χ0v) is 8.37. The van der Waals surface area contributed by atoms with Gasteiger partial charge in [0, 0.05) is 6.04 Å². The van der Waals surface area contributed by atoms with E-state index in [2.05, 4.69) is 15.2 Å². The summed E-state index contributed by atoms with van der Waals surface area (Å²) in [5.74, 6) is -0.468. The van der Waals surface area contributed by atoms with E-state index < -0.39 is 12.0 Å². The molecule has 2 rings (SSSR count). The van der Waals surface area contributed by atoms with Crippen LogP contribution in [-0.2, 0) is 4.79 Å². The second kappa shape index (κ2) is 3.80. The normalized spacial score (nSPS) is 17.1. The lowest BCUT2D eigenvalue weighted by molar-refractivity contribution is -0.138. The number of carboxylic acids is 1. The van der Waals surface area contributed by atoms with E-state index >= 15 is 0 Å². The molecule has 0 aliphatic heterocycles. The molecular weight excluding hydrogens is 196 g/mol. The quantitative estimate of drug-likeness (QED) is 0.767. The fraction of sp³-hybridized carbons (Fsp3) is 0.556. The van der Waals surface area contributed by atoms with E-state index in [0.717, 1.165) is 12.8 Å². The molecule has 15 heavy (non-hydrogen) atoms. The number of rotatable bonds is 4. The lowest BCUT2D eigenvalue weighted by Crippen LogP contribution is -2.41. The second-order valence-corrected chi connectivity index (χ2v) is 3.60. The predicted octanol–water partition coefficient (Wildman–Crippen LogP) is 0.313. The van der Waals surface area contributed by atoms with Gasteiger partial charge < -0.3 is 10.0 Å². The van der Waals surface area contributed by atoms with Crippen molar-refractivity contribution in [2.75, 3.05) is 4.90 Å². The molecule has 0 aromatic carbocycles. The Balaban J connectivity index is 2.24. The molecule has 1 unspecified atom stereocenters. The van der Waals surface area contributed by atoms with Crippen LogP contribution in [0.3, 0.4) is 0 Å². The summed E-state index contributed by atoms with van der Waals surface area (Å²) < 4.78 is 0. The average molecular weight is 208 g/mol. The lowest BCUT2D eigenvalue weighted by Gasteiger charge is -2.25. The van der Waals surface area contributed by atoms with Crippen LogP contribution in [0.25, 0.3) is 0 Å². The van der Waals surface area contributed by atoms with Crippen LogP contribution < -0.4 is 4.90 Å². The van der Waals surface area contributed by atoms with Crippen LogP contribution in [-0.4, -0.2) is 38.3 Å². The van der Waals surface area contributed by atoms with Gasteiger partial charge in [-0.25, -0.2) is 9.78 Å². The van der Waals surface area contributed by atoms with E-state index in [-0.39, 0.29) is 6.04 Å². The van der Waals surface area contributed by atoms with Crippen LogP contribution in [0.15, 0.2) is 12.4 Å². The van der Waals surface area contributed by atoms with Gasteiger partial charge >= 0.3 is 5.97 Å². The fourth-order valence-electron chi connectivity index (χ4n) is 1.48. The van der Waals surface area contributed by atoms with Gasteiger partial charge in [0.25, 0.3) is 0 Å². The largest absolute Gasteiger partial charge is 0.480 e. The molecule has 0 bridgehead atoms. The summed E-state index contributed by atoms with van der Waals surface area (Å²) in [7, 11) is 0. The Kier molecular flexibility index (Phi) is 2.49. The first-order valence-electron chi connectivity index (χ1n) is 4.85. The second-order valence-electron chi connectivity index (χ2n) is 3.60. The van der Waals surface area contributed by atoms with Gasteiger partial charge in [-0.3, -0.25) is 0 Å². The molecule has 0 radical (unpaired) electrons. The number of hydrogen-bond acceptors (Lipinski definition) is 5. The first-order chi connectivity index (χ1) is 7.20. The summed E-state index contributed by atoms with van der Waals surface area (Å²) in [4.78, 5) is 16.7. The third-order valence-electron chi connectivity index (χ3n) is 2.42. The van der Waals surface area contributed by atoms with Gasteiger partial charge in [-0.15, -0.1) is 5.10 Å². The Morgan fingerprint density at radius 2 is 2.33 bits per heavy atom. The number of hydrogen-bond donors (Lipinski definition) is 1. The molecule has 0 spiro atoms. The first-order valence-corrected chi connectivity index (χ1v) is 4.85. The van der Waals surface area contributed by atoms with Gasteiger partial charge in [0.1, 0.15) is 6.04 Å². The number of aromatic nitrogens is 3. The maximum absolute atomic E-state index is 10.9. The van der Waals surface area contributed by atoms with Crippen LogP contribution >= 0.6 is 0 Å². The Hall–Kier alpha value is -1.72. The molecule has 1 saturated carbocycles. The van der Waals surface area contributed by atoms with Gasteiger partial charge in [-0.2, -0.15) is 5.10 Å². The van der Waals surface area contributed by atoms with Crippen LogP contribution in [0.2, 0.25) is 0 Å². The standard InChI is InChI=1S/C9H12N4O2/c1-6(8(14)15)13(7-2-3-7)9-10-4-5-11-12-9/h4-7H,2-3H2,1H3,(H,14,15). The third kappa shape index (κ3) is 2.03. The summed E-state index contributed by atoms with van der Waals surface area (Å²) >= 11 is 0. The van der Waals surface area contributed by atoms with Gasteiger partial charge in [0.15, 0.2) is 0 Å². The minimum absolute atomic E-state index is 0.250. The van der Waals surface area contributed by atoms with E-state index in [1.54, 1.807) is 11.8 Å². The Labute approximate surface area is 87.0 Å². The maximum Gasteiger partial charge on any atom is 0.326 e. The maximum atomic E-state index is 10.9. The molecule has 1 aromatic heterocycles. The van der Waals surface area contributed by atoms with Crippen molar-refractivity contribution < 1.29 is 9.90 Å². The molecule has 1 heterocycles. The molecule has 6 nitrogen and oxygen atoms in total. The predicted molar refractivity (Wildman–Crippen MR) is 52.4 cm³/mol. The number of anilines is 1. The highest BCUT2D eigenvalue weighted by Gasteiger charge is 2.36. The molecular formula is C9H12N4O2. The average Bonchev–Trinajstić information content (AvgIpc) is 3.04. The topological polar surface area (TPSA) is 79.2 Å². The molecule has 80 valence electrons. The van der Waals surface area contributed by atoms with Gasteiger partial charge in [-0.1, -0.05) is 0 Å². The molecule has 1 atom stereocenters.